The van der Waals surface area contributed by atoms with Gasteiger partial charge >= 0.3 is 5.97 Å². The van der Waals surface area contributed by atoms with Crippen molar-refractivity contribution in [2.45, 2.75) is 76.4 Å². The highest BCUT2D eigenvalue weighted by Gasteiger charge is 2.43. The topological polar surface area (TPSA) is 40.5 Å². The predicted molar refractivity (Wildman–Crippen MR) is 70.4 cm³/mol. The molecule has 0 amide bonds. The molecule has 2 aliphatic heterocycles. The number of hydrogen-bond acceptors (Lipinski definition) is 2. The van der Waals surface area contributed by atoms with Gasteiger partial charge in [0.1, 0.15) is 0 Å². The maximum atomic E-state index is 10.9. The maximum Gasteiger partial charge on any atom is 0.303 e. The van der Waals surface area contributed by atoms with Gasteiger partial charge in [0, 0.05) is 24.5 Å². The van der Waals surface area contributed by atoms with Gasteiger partial charge in [-0.2, -0.15) is 0 Å². The van der Waals surface area contributed by atoms with Crippen molar-refractivity contribution in [2.24, 2.45) is 11.8 Å². The van der Waals surface area contributed by atoms with Crippen LogP contribution in [0.4, 0.5) is 0 Å². The predicted octanol–water partition coefficient (Wildman–Crippen LogP) is 2.89. The van der Waals surface area contributed by atoms with Gasteiger partial charge in [0.05, 0.1) is 0 Å². The van der Waals surface area contributed by atoms with Gasteiger partial charge in [-0.05, 0) is 50.9 Å². The average Bonchev–Trinajstić information content (AvgIpc) is 3.04. The summed E-state index contributed by atoms with van der Waals surface area (Å²) in [6.45, 7) is 2.39. The molecule has 3 atom stereocenters. The molecular weight excluding hydrogens is 226 g/mol. The molecule has 0 radical (unpaired) electrons. The number of aliphatic carboxylic acids is 1. The molecule has 18 heavy (non-hydrogen) atoms. The lowest BCUT2D eigenvalue weighted by Crippen LogP contribution is -2.48. The van der Waals surface area contributed by atoms with E-state index in [9.17, 15) is 4.79 Å². The minimum absolute atomic E-state index is 0.387. The Bertz CT molecular complexity index is 312. The zero-order valence-corrected chi connectivity index (χ0v) is 11.3. The van der Waals surface area contributed by atoms with E-state index < -0.39 is 5.97 Å². The van der Waals surface area contributed by atoms with E-state index in [0.29, 0.717) is 24.4 Å². The van der Waals surface area contributed by atoms with Crippen LogP contribution in [0.15, 0.2) is 0 Å². The molecule has 3 aliphatic rings. The van der Waals surface area contributed by atoms with E-state index in [2.05, 4.69) is 11.8 Å². The zero-order valence-electron chi connectivity index (χ0n) is 11.3. The van der Waals surface area contributed by atoms with Gasteiger partial charge in [-0.1, -0.05) is 12.8 Å². The van der Waals surface area contributed by atoms with Gasteiger partial charge in [-0.15, -0.1) is 0 Å². The maximum absolute atomic E-state index is 10.9. The average molecular weight is 251 g/mol. The summed E-state index contributed by atoms with van der Waals surface area (Å²) in [5.74, 6) is 0.819. The molecule has 2 saturated heterocycles. The normalized spacial score (nSPS) is 37.7. The standard InChI is InChI=1S/C15H25NO2/c1-10(6-11-2-3-11)16-13-4-5-14(16)8-12(7-13)9-15(17)18/h10-14H,2-9H2,1H3,(H,17,18). The first-order chi connectivity index (χ1) is 8.63. The Morgan fingerprint density at radius 1 is 1.17 bits per heavy atom. The second-order valence-electron chi connectivity index (χ2n) is 6.80. The summed E-state index contributed by atoms with van der Waals surface area (Å²) in [4.78, 5) is 13.6. The number of carboxylic acid groups (broad SMARTS) is 1. The molecule has 2 bridgehead atoms. The monoisotopic (exact) mass is 251 g/mol. The van der Waals surface area contributed by atoms with E-state index >= 15 is 0 Å². The third-order valence-corrected chi connectivity index (χ3v) is 5.23. The number of carbonyl (C=O) groups is 1. The number of hydrogen-bond donors (Lipinski definition) is 1. The summed E-state index contributed by atoms with van der Waals surface area (Å²) >= 11 is 0. The summed E-state index contributed by atoms with van der Waals surface area (Å²) in [7, 11) is 0. The first-order valence-corrected chi connectivity index (χ1v) is 7.62. The Labute approximate surface area is 110 Å². The lowest BCUT2D eigenvalue weighted by atomic mass is 9.87. The van der Waals surface area contributed by atoms with Crippen molar-refractivity contribution >= 4 is 5.97 Å². The molecule has 3 heteroatoms. The fraction of sp³-hybridized carbons (Fsp3) is 0.933. The lowest BCUT2D eigenvalue weighted by molar-refractivity contribution is -0.138. The molecule has 3 rings (SSSR count). The van der Waals surface area contributed by atoms with Crippen LogP contribution < -0.4 is 0 Å². The fourth-order valence-electron chi connectivity index (χ4n) is 4.42. The van der Waals surface area contributed by atoms with Crippen LogP contribution in [-0.2, 0) is 4.79 Å². The van der Waals surface area contributed by atoms with E-state index in [0.717, 1.165) is 24.8 Å². The number of rotatable bonds is 5. The highest BCUT2D eigenvalue weighted by molar-refractivity contribution is 5.67. The minimum atomic E-state index is -0.612. The van der Waals surface area contributed by atoms with Gasteiger partial charge in [0.2, 0.25) is 0 Å². The van der Waals surface area contributed by atoms with E-state index in [-0.39, 0.29) is 0 Å². The smallest absolute Gasteiger partial charge is 0.303 e. The van der Waals surface area contributed by atoms with Crippen molar-refractivity contribution in [1.29, 1.82) is 0 Å². The van der Waals surface area contributed by atoms with Gasteiger partial charge < -0.3 is 5.11 Å². The van der Waals surface area contributed by atoms with Crippen molar-refractivity contribution in [1.82, 2.24) is 4.90 Å². The first-order valence-electron chi connectivity index (χ1n) is 7.62. The van der Waals surface area contributed by atoms with E-state index in [1.807, 2.05) is 0 Å². The Hall–Kier alpha value is -0.570. The summed E-state index contributed by atoms with van der Waals surface area (Å²) < 4.78 is 0. The highest BCUT2D eigenvalue weighted by Crippen LogP contribution is 2.43. The zero-order chi connectivity index (χ0) is 12.7. The van der Waals surface area contributed by atoms with Crippen LogP contribution in [0.3, 0.4) is 0 Å². The van der Waals surface area contributed by atoms with Crippen LogP contribution in [0.5, 0.6) is 0 Å². The largest absolute Gasteiger partial charge is 0.481 e. The van der Waals surface area contributed by atoms with Crippen LogP contribution in [0.1, 0.15) is 58.3 Å². The van der Waals surface area contributed by atoms with Gasteiger partial charge in [-0.25, -0.2) is 0 Å². The quantitative estimate of drug-likeness (QED) is 0.816. The van der Waals surface area contributed by atoms with Crippen molar-refractivity contribution < 1.29 is 9.90 Å². The van der Waals surface area contributed by atoms with Crippen molar-refractivity contribution in [3.05, 3.63) is 0 Å². The molecule has 0 aromatic heterocycles. The van der Waals surface area contributed by atoms with Crippen LogP contribution in [0.25, 0.3) is 0 Å². The van der Waals surface area contributed by atoms with Crippen molar-refractivity contribution in [3.8, 4) is 0 Å². The van der Waals surface area contributed by atoms with Crippen LogP contribution in [0, 0.1) is 11.8 Å². The summed E-state index contributed by atoms with van der Waals surface area (Å²) in [5.41, 5.74) is 0. The molecule has 3 unspecified atom stereocenters. The second-order valence-corrected chi connectivity index (χ2v) is 6.80. The molecule has 102 valence electrons. The summed E-state index contributed by atoms with van der Waals surface area (Å²) in [6, 6.07) is 2.09. The number of fused-ring (bicyclic) bond motifs is 2. The Morgan fingerprint density at radius 3 is 2.28 bits per heavy atom. The third-order valence-electron chi connectivity index (χ3n) is 5.23. The van der Waals surface area contributed by atoms with Gasteiger partial charge in [0.15, 0.2) is 0 Å². The highest BCUT2D eigenvalue weighted by atomic mass is 16.4. The molecule has 1 N–H and O–H groups in total. The number of carboxylic acids is 1. The van der Waals surface area contributed by atoms with Crippen LogP contribution in [-0.4, -0.2) is 34.1 Å². The number of piperidine rings is 1. The van der Waals surface area contributed by atoms with E-state index in [4.69, 9.17) is 5.11 Å². The minimum Gasteiger partial charge on any atom is -0.481 e. The molecule has 0 spiro atoms. The van der Waals surface area contributed by atoms with E-state index in [1.165, 1.54) is 32.1 Å². The summed E-state index contributed by atoms with van der Waals surface area (Å²) in [6.07, 6.45) is 9.49. The molecule has 3 fully saturated rings. The molecule has 2 heterocycles. The van der Waals surface area contributed by atoms with Crippen molar-refractivity contribution in [3.63, 3.8) is 0 Å². The molecule has 1 aliphatic carbocycles. The van der Waals surface area contributed by atoms with Gasteiger partial charge in [-0.3, -0.25) is 9.69 Å². The fourth-order valence-corrected chi connectivity index (χ4v) is 4.42. The van der Waals surface area contributed by atoms with Crippen LogP contribution in [0.2, 0.25) is 0 Å². The Balaban J connectivity index is 1.59. The SMILES string of the molecule is CC(CC1CC1)N1C2CCC1CC(CC(=O)O)C2. The van der Waals surface area contributed by atoms with Crippen LogP contribution >= 0.6 is 0 Å². The Kier molecular flexibility index (Phi) is 3.35. The lowest BCUT2D eigenvalue weighted by Gasteiger charge is -2.42. The van der Waals surface area contributed by atoms with Gasteiger partial charge in [0.25, 0.3) is 0 Å². The number of nitrogens with zero attached hydrogens (tertiary/aromatic N) is 1. The summed E-state index contributed by atoms with van der Waals surface area (Å²) in [5, 5.41) is 8.95. The van der Waals surface area contributed by atoms with E-state index in [1.54, 1.807) is 0 Å². The molecular formula is C15H25NO2. The van der Waals surface area contributed by atoms with Crippen molar-refractivity contribution in [2.75, 3.05) is 0 Å². The molecule has 1 saturated carbocycles. The molecule has 0 aromatic rings. The second kappa shape index (κ2) is 4.84. The first kappa shape index (κ1) is 12.5. The third kappa shape index (κ3) is 2.56. The molecule has 3 nitrogen and oxygen atoms in total. The molecule has 0 aromatic carbocycles. The Morgan fingerprint density at radius 2 is 1.78 bits per heavy atom.